The summed E-state index contributed by atoms with van der Waals surface area (Å²) in [5, 5.41) is 0.323. The fourth-order valence-electron chi connectivity index (χ4n) is 1.72. The summed E-state index contributed by atoms with van der Waals surface area (Å²) >= 11 is 5.93. The van der Waals surface area contributed by atoms with E-state index < -0.39 is 0 Å². The van der Waals surface area contributed by atoms with Crippen molar-refractivity contribution in [2.45, 2.75) is 13.0 Å². The van der Waals surface area contributed by atoms with E-state index in [1.807, 2.05) is 31.2 Å². The van der Waals surface area contributed by atoms with Crippen molar-refractivity contribution in [2.75, 3.05) is 6.61 Å². The molecule has 1 heterocycles. The van der Waals surface area contributed by atoms with Gasteiger partial charge in [-0.25, -0.2) is 0 Å². The van der Waals surface area contributed by atoms with Crippen LogP contribution in [0.25, 0.3) is 0 Å². The number of rotatable bonds is 4. The van der Waals surface area contributed by atoms with Gasteiger partial charge in [-0.2, -0.15) is 0 Å². The lowest BCUT2D eigenvalue weighted by atomic mass is 10.0. The van der Waals surface area contributed by atoms with Crippen molar-refractivity contribution in [3.05, 3.63) is 52.9 Å². The predicted octanol–water partition coefficient (Wildman–Crippen LogP) is 3.38. The number of para-hydroxylation sites is 1. The van der Waals surface area contributed by atoms with Crippen molar-refractivity contribution < 1.29 is 9.15 Å². The van der Waals surface area contributed by atoms with Crippen LogP contribution in [0.2, 0.25) is 5.22 Å². The number of ether oxygens (including phenoxy) is 1. The number of benzene rings is 1. The molecule has 0 bridgehead atoms. The van der Waals surface area contributed by atoms with E-state index in [1.165, 1.54) is 6.26 Å². The molecule has 1 unspecified atom stereocenters. The first-order valence-corrected chi connectivity index (χ1v) is 5.82. The number of nitrogens with two attached hydrogens (primary N) is 1. The van der Waals surface area contributed by atoms with Crippen LogP contribution in [-0.2, 0) is 0 Å². The molecule has 0 amide bonds. The van der Waals surface area contributed by atoms with Crippen molar-refractivity contribution in [3.63, 3.8) is 0 Å². The Hall–Kier alpha value is -1.45. The Balaban J connectivity index is 2.37. The molecule has 2 N–H and O–H groups in total. The summed E-state index contributed by atoms with van der Waals surface area (Å²) in [6, 6.07) is 9.09. The quantitative estimate of drug-likeness (QED) is 0.906. The van der Waals surface area contributed by atoms with E-state index in [2.05, 4.69) is 0 Å². The van der Waals surface area contributed by atoms with Crippen LogP contribution >= 0.6 is 11.6 Å². The van der Waals surface area contributed by atoms with Crippen LogP contribution in [-0.4, -0.2) is 6.61 Å². The van der Waals surface area contributed by atoms with E-state index in [0.717, 1.165) is 16.9 Å². The molecule has 2 rings (SSSR count). The van der Waals surface area contributed by atoms with Crippen molar-refractivity contribution in [1.29, 1.82) is 0 Å². The van der Waals surface area contributed by atoms with Gasteiger partial charge in [-0.1, -0.05) is 18.2 Å². The summed E-state index contributed by atoms with van der Waals surface area (Å²) in [4.78, 5) is 0. The van der Waals surface area contributed by atoms with Gasteiger partial charge in [-0.3, -0.25) is 0 Å². The Morgan fingerprint density at radius 3 is 2.71 bits per heavy atom. The van der Waals surface area contributed by atoms with Gasteiger partial charge in [0.05, 0.1) is 18.9 Å². The van der Waals surface area contributed by atoms with E-state index in [4.69, 9.17) is 26.5 Å². The van der Waals surface area contributed by atoms with Gasteiger partial charge >= 0.3 is 0 Å². The second kappa shape index (κ2) is 5.25. The summed E-state index contributed by atoms with van der Waals surface area (Å²) in [6.07, 6.45) is 1.53. The topological polar surface area (TPSA) is 48.4 Å². The Labute approximate surface area is 105 Å². The highest BCUT2D eigenvalue weighted by Crippen LogP contribution is 2.32. The average Bonchev–Trinajstić information content (AvgIpc) is 2.76. The van der Waals surface area contributed by atoms with E-state index in [-0.39, 0.29) is 6.04 Å². The second-order valence-electron chi connectivity index (χ2n) is 3.60. The van der Waals surface area contributed by atoms with Crippen LogP contribution in [0, 0.1) is 0 Å². The molecule has 90 valence electrons. The Bertz CT molecular complexity index is 496. The number of halogens is 1. The lowest BCUT2D eigenvalue weighted by Crippen LogP contribution is -2.13. The predicted molar refractivity (Wildman–Crippen MR) is 67.4 cm³/mol. The van der Waals surface area contributed by atoms with Gasteiger partial charge in [-0.05, 0) is 30.7 Å². The van der Waals surface area contributed by atoms with Gasteiger partial charge in [0.2, 0.25) is 0 Å². The molecule has 0 saturated heterocycles. The molecule has 17 heavy (non-hydrogen) atoms. The van der Waals surface area contributed by atoms with Crippen LogP contribution in [0.15, 0.2) is 41.0 Å². The van der Waals surface area contributed by atoms with Crippen LogP contribution in [0.1, 0.15) is 24.1 Å². The van der Waals surface area contributed by atoms with Crippen molar-refractivity contribution in [3.8, 4) is 5.75 Å². The molecule has 3 nitrogen and oxygen atoms in total. The minimum atomic E-state index is -0.344. The molecule has 1 aromatic carbocycles. The van der Waals surface area contributed by atoms with Gasteiger partial charge in [0, 0.05) is 11.1 Å². The van der Waals surface area contributed by atoms with Gasteiger partial charge in [0.1, 0.15) is 5.75 Å². The minimum absolute atomic E-state index is 0.323. The van der Waals surface area contributed by atoms with Crippen LogP contribution in [0.5, 0.6) is 5.75 Å². The summed E-state index contributed by atoms with van der Waals surface area (Å²) in [7, 11) is 0. The third-order valence-corrected chi connectivity index (χ3v) is 2.84. The van der Waals surface area contributed by atoms with Crippen LogP contribution in [0.4, 0.5) is 0 Å². The number of furan rings is 1. The second-order valence-corrected chi connectivity index (χ2v) is 3.94. The van der Waals surface area contributed by atoms with Crippen LogP contribution < -0.4 is 10.5 Å². The fourth-order valence-corrected chi connectivity index (χ4v) is 1.95. The van der Waals surface area contributed by atoms with E-state index in [1.54, 1.807) is 6.07 Å². The zero-order valence-corrected chi connectivity index (χ0v) is 10.3. The largest absolute Gasteiger partial charge is 0.494 e. The van der Waals surface area contributed by atoms with Crippen molar-refractivity contribution in [2.24, 2.45) is 5.73 Å². The SMILES string of the molecule is CCOc1ccccc1C(N)c1ccoc1Cl. The first kappa shape index (κ1) is 12.0. The van der Waals surface area contributed by atoms with Gasteiger partial charge in [-0.15, -0.1) is 0 Å². The average molecular weight is 252 g/mol. The van der Waals surface area contributed by atoms with E-state index in [9.17, 15) is 0 Å². The molecule has 0 aliphatic rings. The molecule has 4 heteroatoms. The first-order chi connectivity index (χ1) is 8.24. The molecular weight excluding hydrogens is 238 g/mol. The van der Waals surface area contributed by atoms with Crippen molar-refractivity contribution in [1.82, 2.24) is 0 Å². The molecular formula is C13H14ClNO2. The van der Waals surface area contributed by atoms with Gasteiger partial charge in [0.25, 0.3) is 0 Å². The summed E-state index contributed by atoms with van der Waals surface area (Å²) in [5.74, 6) is 0.778. The molecule has 0 fully saturated rings. The normalized spacial score (nSPS) is 12.4. The highest BCUT2D eigenvalue weighted by Gasteiger charge is 2.18. The Morgan fingerprint density at radius 2 is 2.06 bits per heavy atom. The number of hydrogen-bond acceptors (Lipinski definition) is 3. The summed E-state index contributed by atoms with van der Waals surface area (Å²) < 4.78 is 10.6. The van der Waals surface area contributed by atoms with E-state index in [0.29, 0.717) is 11.8 Å². The first-order valence-electron chi connectivity index (χ1n) is 5.44. The minimum Gasteiger partial charge on any atom is -0.494 e. The molecule has 1 aromatic heterocycles. The third-order valence-electron chi connectivity index (χ3n) is 2.54. The van der Waals surface area contributed by atoms with Crippen LogP contribution in [0.3, 0.4) is 0 Å². The molecule has 0 aliphatic carbocycles. The maximum absolute atomic E-state index is 6.17. The molecule has 0 spiro atoms. The third kappa shape index (κ3) is 2.46. The zero-order chi connectivity index (χ0) is 12.3. The fraction of sp³-hybridized carbons (Fsp3) is 0.231. The Morgan fingerprint density at radius 1 is 1.29 bits per heavy atom. The number of hydrogen-bond donors (Lipinski definition) is 1. The maximum atomic E-state index is 6.17. The molecule has 0 aliphatic heterocycles. The zero-order valence-electron chi connectivity index (χ0n) is 9.52. The summed E-state index contributed by atoms with van der Waals surface area (Å²) in [6.45, 7) is 2.54. The smallest absolute Gasteiger partial charge is 0.198 e. The van der Waals surface area contributed by atoms with Gasteiger partial charge in [0.15, 0.2) is 5.22 Å². The highest BCUT2D eigenvalue weighted by atomic mass is 35.5. The monoisotopic (exact) mass is 251 g/mol. The lowest BCUT2D eigenvalue weighted by molar-refractivity contribution is 0.335. The van der Waals surface area contributed by atoms with E-state index >= 15 is 0 Å². The lowest BCUT2D eigenvalue weighted by Gasteiger charge is -2.15. The van der Waals surface area contributed by atoms with Gasteiger partial charge < -0.3 is 14.9 Å². The molecule has 1 atom stereocenters. The molecule has 2 aromatic rings. The molecule has 0 radical (unpaired) electrons. The van der Waals surface area contributed by atoms with Crippen molar-refractivity contribution >= 4 is 11.6 Å². The molecule has 0 saturated carbocycles. The highest BCUT2D eigenvalue weighted by molar-refractivity contribution is 6.29. The Kier molecular flexibility index (Phi) is 3.71. The summed E-state index contributed by atoms with van der Waals surface area (Å²) in [5.41, 5.74) is 7.83. The standard InChI is InChI=1S/C13H14ClNO2/c1-2-16-11-6-4-3-5-9(11)12(15)10-7-8-17-13(10)14/h3-8,12H,2,15H2,1H3. The maximum Gasteiger partial charge on any atom is 0.198 e.